The van der Waals surface area contributed by atoms with Crippen LogP contribution in [0.15, 0.2) is 23.5 Å². The quantitative estimate of drug-likeness (QED) is 0.161. The monoisotopic (exact) mass is 523 g/mol. The fraction of sp³-hybridized carbons (Fsp3) is 0.478. The number of phenols is 1. The van der Waals surface area contributed by atoms with Gasteiger partial charge in [0.15, 0.2) is 17.2 Å². The molecule has 4 rings (SSSR count). The van der Waals surface area contributed by atoms with Crippen LogP contribution in [0.1, 0.15) is 40.7 Å². The lowest BCUT2D eigenvalue weighted by molar-refractivity contribution is -0.209. The normalized spacial score (nSPS) is 34.1. The lowest BCUT2D eigenvalue weighted by Crippen LogP contribution is -2.69. The third-order valence-electron chi connectivity index (χ3n) is 7.63. The Labute approximate surface area is 210 Å². The highest BCUT2D eigenvalue weighted by atomic mass is 32.1. The van der Waals surface area contributed by atoms with Gasteiger partial charge in [0, 0.05) is 24.7 Å². The summed E-state index contributed by atoms with van der Waals surface area (Å²) in [5, 5.41) is 55.5. The third kappa shape index (κ3) is 3.66. The largest absolute Gasteiger partial charge is 0.508 e. The Hall–Kier alpha value is -2.51. The summed E-state index contributed by atoms with van der Waals surface area (Å²) in [5.41, 5.74) is 2.37. The van der Waals surface area contributed by atoms with Crippen LogP contribution in [0.5, 0.6) is 5.75 Å². The van der Waals surface area contributed by atoms with Gasteiger partial charge in [0.2, 0.25) is 4.38 Å². The minimum atomic E-state index is -2.67. The average molecular weight is 524 g/mol. The number of ketones is 2. The van der Waals surface area contributed by atoms with Crippen LogP contribution in [0.4, 0.5) is 0 Å². The Kier molecular flexibility index (Phi) is 6.47. The first-order valence-corrected chi connectivity index (χ1v) is 11.8. The zero-order valence-electron chi connectivity index (χ0n) is 18.5. The first-order chi connectivity index (χ1) is 16.3. The number of ether oxygens (including phenoxy) is 1. The SMILES string of the molecule is C[C@@H]1c2ccc(CCOC(=S)S)c(O)c2C(=O)C2C1[C@@H](O)C1CC(=O)C(C(N)=O)=C(O)C1(O)C2O. The molecule has 1 aromatic rings. The van der Waals surface area contributed by atoms with E-state index in [1.165, 1.54) is 0 Å². The molecule has 35 heavy (non-hydrogen) atoms. The summed E-state index contributed by atoms with van der Waals surface area (Å²) in [7, 11) is 0. The number of thiocarbonyl (C=S) groups is 1. The maximum absolute atomic E-state index is 13.6. The molecule has 0 aromatic heterocycles. The van der Waals surface area contributed by atoms with Gasteiger partial charge < -0.3 is 36.0 Å². The smallest absolute Gasteiger partial charge is 0.255 e. The summed E-state index contributed by atoms with van der Waals surface area (Å²) in [4.78, 5) is 37.9. The molecular formula is C23H25NO9S2. The highest BCUT2D eigenvalue weighted by Crippen LogP contribution is 2.56. The van der Waals surface area contributed by atoms with Crippen LogP contribution in [0.2, 0.25) is 0 Å². The highest BCUT2D eigenvalue weighted by molar-refractivity contribution is 8.10. The van der Waals surface area contributed by atoms with Crippen molar-refractivity contribution in [3.8, 4) is 5.75 Å². The number of hydrogen-bond acceptors (Lipinski definition) is 10. The maximum atomic E-state index is 13.6. The van der Waals surface area contributed by atoms with E-state index in [1.807, 2.05) is 0 Å². The second kappa shape index (κ2) is 8.86. The number of aliphatic hydroxyl groups is 4. The molecule has 1 saturated carbocycles. The van der Waals surface area contributed by atoms with Gasteiger partial charge in [-0.15, -0.1) is 0 Å². The number of nitrogens with two attached hydrogens (primary N) is 1. The summed E-state index contributed by atoms with van der Waals surface area (Å²) < 4.78 is 5.15. The number of benzene rings is 1. The van der Waals surface area contributed by atoms with E-state index < -0.39 is 76.7 Å². The van der Waals surface area contributed by atoms with Gasteiger partial charge in [-0.2, -0.15) is 0 Å². The minimum absolute atomic E-state index is 0.0197. The van der Waals surface area contributed by atoms with Gasteiger partial charge in [0.05, 0.1) is 24.2 Å². The topological polar surface area (TPSA) is 188 Å². The number of phenolic OH excluding ortho intramolecular Hbond substituents is 1. The van der Waals surface area contributed by atoms with Crippen molar-refractivity contribution in [1.82, 2.24) is 0 Å². The van der Waals surface area contributed by atoms with E-state index in [-0.39, 0.29) is 28.7 Å². The summed E-state index contributed by atoms with van der Waals surface area (Å²) in [5.74, 6) is -8.81. The van der Waals surface area contributed by atoms with Gasteiger partial charge in [-0.3, -0.25) is 14.4 Å². The van der Waals surface area contributed by atoms with Crippen molar-refractivity contribution in [3.63, 3.8) is 0 Å². The molecule has 0 radical (unpaired) electrons. The van der Waals surface area contributed by atoms with E-state index in [2.05, 4.69) is 12.6 Å². The first-order valence-electron chi connectivity index (χ1n) is 10.9. The molecule has 7 atom stereocenters. The molecule has 0 aliphatic heterocycles. The molecule has 1 amide bonds. The van der Waals surface area contributed by atoms with Crippen LogP contribution >= 0.6 is 24.8 Å². The van der Waals surface area contributed by atoms with Crippen LogP contribution in [0, 0.1) is 17.8 Å². The first kappa shape index (κ1) is 25.6. The second-order valence-electron chi connectivity index (χ2n) is 9.24. The Bertz CT molecular complexity index is 1180. The average Bonchev–Trinajstić information content (AvgIpc) is 2.77. The van der Waals surface area contributed by atoms with Gasteiger partial charge in [0.25, 0.3) is 5.91 Å². The number of carbonyl (C=O) groups excluding carboxylic acids is 3. The van der Waals surface area contributed by atoms with Gasteiger partial charge in [-0.05, 0) is 29.3 Å². The molecule has 7 N–H and O–H groups in total. The Balaban J connectivity index is 1.82. The maximum Gasteiger partial charge on any atom is 0.255 e. The van der Waals surface area contributed by atoms with Gasteiger partial charge in [-0.1, -0.05) is 31.7 Å². The summed E-state index contributed by atoms with van der Waals surface area (Å²) in [6, 6.07) is 3.25. The van der Waals surface area contributed by atoms with E-state index >= 15 is 0 Å². The number of aromatic hydroxyl groups is 1. The molecule has 188 valence electrons. The van der Waals surface area contributed by atoms with Crippen LogP contribution in [-0.4, -0.2) is 71.8 Å². The standard InChI is InChI=1S/C23H25NO9S2/c1-7-9-3-2-8(4-5-33-22(34)35)16(26)13(9)18(28)15-12(7)17(27)10-6-11(25)14(21(24)31)19(29)23(10,32)20(15)30/h2-3,7,10,12,15,17,20,26-27,29-30,32H,4-6H2,1H3,(H2,24,31)(H,34,35)/t7-,10?,12?,15?,17+,20?,23?/m1/s1. The van der Waals surface area contributed by atoms with Crippen LogP contribution < -0.4 is 5.73 Å². The Morgan fingerprint density at radius 2 is 1.94 bits per heavy atom. The van der Waals surface area contributed by atoms with Crippen LogP contribution in [0.3, 0.4) is 0 Å². The van der Waals surface area contributed by atoms with Crippen molar-refractivity contribution in [2.45, 2.75) is 43.5 Å². The number of aliphatic hydroxyl groups excluding tert-OH is 3. The molecule has 12 heteroatoms. The van der Waals surface area contributed by atoms with Crippen molar-refractivity contribution >= 4 is 46.7 Å². The zero-order valence-corrected chi connectivity index (χ0v) is 20.3. The van der Waals surface area contributed by atoms with Crippen molar-refractivity contribution in [1.29, 1.82) is 0 Å². The predicted molar refractivity (Wildman–Crippen MR) is 128 cm³/mol. The van der Waals surface area contributed by atoms with E-state index in [4.69, 9.17) is 22.7 Å². The number of Topliss-reactive ketones (excluding diaryl/α,β-unsaturated/α-hetero) is 2. The van der Waals surface area contributed by atoms with Crippen molar-refractivity contribution in [3.05, 3.63) is 40.2 Å². The molecule has 1 fully saturated rings. The third-order valence-corrected chi connectivity index (χ3v) is 7.88. The van der Waals surface area contributed by atoms with E-state index in [9.17, 15) is 39.9 Å². The highest BCUT2D eigenvalue weighted by Gasteiger charge is 2.67. The molecule has 0 saturated heterocycles. The van der Waals surface area contributed by atoms with E-state index in [1.54, 1.807) is 19.1 Å². The van der Waals surface area contributed by atoms with Crippen molar-refractivity contribution < 1.29 is 44.7 Å². The van der Waals surface area contributed by atoms with E-state index in [0.717, 1.165) is 0 Å². The van der Waals surface area contributed by atoms with Crippen molar-refractivity contribution in [2.75, 3.05) is 6.61 Å². The summed E-state index contributed by atoms with van der Waals surface area (Å²) >= 11 is 8.60. The second-order valence-corrected chi connectivity index (χ2v) is 10.3. The molecule has 3 aliphatic carbocycles. The Morgan fingerprint density at radius 1 is 1.29 bits per heavy atom. The predicted octanol–water partition coefficient (Wildman–Crippen LogP) is 0.0511. The molecule has 0 spiro atoms. The lowest BCUT2D eigenvalue weighted by Gasteiger charge is -2.56. The number of rotatable bonds is 4. The van der Waals surface area contributed by atoms with Gasteiger partial charge >= 0.3 is 0 Å². The molecule has 0 bridgehead atoms. The molecular weight excluding hydrogens is 498 g/mol. The van der Waals surface area contributed by atoms with E-state index in [0.29, 0.717) is 11.1 Å². The summed E-state index contributed by atoms with van der Waals surface area (Å²) in [6.07, 6.45) is -3.88. The zero-order chi connectivity index (χ0) is 26.0. The minimum Gasteiger partial charge on any atom is -0.508 e. The van der Waals surface area contributed by atoms with Crippen LogP contribution in [0.25, 0.3) is 0 Å². The molecule has 0 heterocycles. The lowest BCUT2D eigenvalue weighted by atomic mass is 9.51. The molecule has 3 aliphatic rings. The summed E-state index contributed by atoms with van der Waals surface area (Å²) in [6.45, 7) is 1.79. The number of thiol groups is 1. The number of primary amides is 1. The van der Waals surface area contributed by atoms with Gasteiger partial charge in [-0.25, -0.2) is 0 Å². The fourth-order valence-corrected chi connectivity index (χ4v) is 6.14. The van der Waals surface area contributed by atoms with Gasteiger partial charge in [0.1, 0.15) is 23.2 Å². The number of hydrogen-bond donors (Lipinski definition) is 7. The number of amides is 1. The molecule has 1 aromatic carbocycles. The van der Waals surface area contributed by atoms with Crippen molar-refractivity contribution in [2.24, 2.45) is 23.5 Å². The number of fused-ring (bicyclic) bond motifs is 3. The van der Waals surface area contributed by atoms with Crippen LogP contribution in [-0.2, 0) is 20.7 Å². The Morgan fingerprint density at radius 3 is 2.54 bits per heavy atom. The molecule has 5 unspecified atom stereocenters. The molecule has 10 nitrogen and oxygen atoms in total. The fourth-order valence-electron chi connectivity index (χ4n) is 5.96. The number of carbonyl (C=O) groups is 3.